The topological polar surface area (TPSA) is 126 Å². The van der Waals surface area contributed by atoms with Crippen molar-refractivity contribution in [2.24, 2.45) is 0 Å². The Morgan fingerprint density at radius 3 is 2.39 bits per heavy atom. The molecule has 0 fully saturated rings. The molecule has 10 heteroatoms. The Labute approximate surface area is 223 Å². The summed E-state index contributed by atoms with van der Waals surface area (Å²) in [6.07, 6.45) is -0.545. The molecular formula is C28H38N4O6. The van der Waals surface area contributed by atoms with Crippen LogP contribution < -0.4 is 10.1 Å². The van der Waals surface area contributed by atoms with Crippen LogP contribution in [0.25, 0.3) is 10.9 Å². The van der Waals surface area contributed by atoms with E-state index in [1.54, 1.807) is 25.2 Å². The average Bonchev–Trinajstić information content (AvgIpc) is 2.92. The van der Waals surface area contributed by atoms with Crippen LogP contribution in [0.3, 0.4) is 0 Å². The molecule has 3 aromatic rings. The predicted molar refractivity (Wildman–Crippen MR) is 145 cm³/mol. The van der Waals surface area contributed by atoms with Gasteiger partial charge in [0.25, 0.3) is 0 Å². The van der Waals surface area contributed by atoms with Crippen LogP contribution >= 0.6 is 0 Å². The third kappa shape index (κ3) is 8.91. The number of anilines is 1. The van der Waals surface area contributed by atoms with Crippen molar-refractivity contribution in [2.75, 3.05) is 52.4 Å². The van der Waals surface area contributed by atoms with Crippen molar-refractivity contribution in [3.05, 3.63) is 60.4 Å². The lowest BCUT2D eigenvalue weighted by atomic mass is 10.1. The maximum atomic E-state index is 12.6. The molecule has 3 rings (SSSR count). The summed E-state index contributed by atoms with van der Waals surface area (Å²) in [7, 11) is 3.13. The number of aliphatic hydroxyl groups excluding tert-OH is 2. The Balaban J connectivity index is 1.56. The van der Waals surface area contributed by atoms with Gasteiger partial charge in [-0.2, -0.15) is 0 Å². The molecule has 10 nitrogen and oxygen atoms in total. The number of carbonyl (C=O) groups is 1. The Bertz CT molecular complexity index is 1120. The van der Waals surface area contributed by atoms with Crippen molar-refractivity contribution in [2.45, 2.75) is 38.0 Å². The molecule has 0 aliphatic carbocycles. The molecular weight excluding hydrogens is 488 g/mol. The standard InChI is InChI=1S/C28H38N4O6/c1-20(21-7-5-4-6-8-21)31-28-25-17-24(9-10-26(25)29-19-30-28)38-18-23(34)15-22(33)16-27(35)32(11-13-36-2)12-14-37-3/h4-10,17,19-20,22-23,33-34H,11-16,18H2,1-3H3,(H,29,30,31). The molecule has 1 heterocycles. The van der Waals surface area contributed by atoms with Gasteiger partial charge in [-0.05, 0) is 30.7 Å². The summed E-state index contributed by atoms with van der Waals surface area (Å²) in [5.41, 5.74) is 1.89. The lowest BCUT2D eigenvalue weighted by Crippen LogP contribution is -2.38. The molecule has 206 valence electrons. The van der Waals surface area contributed by atoms with E-state index in [2.05, 4.69) is 34.3 Å². The summed E-state index contributed by atoms with van der Waals surface area (Å²) in [6, 6.07) is 15.5. The molecule has 0 spiro atoms. The van der Waals surface area contributed by atoms with Crippen molar-refractivity contribution in [1.29, 1.82) is 0 Å². The monoisotopic (exact) mass is 526 g/mol. The van der Waals surface area contributed by atoms with Crippen molar-refractivity contribution >= 4 is 22.6 Å². The van der Waals surface area contributed by atoms with Crippen LogP contribution in [0.2, 0.25) is 0 Å². The van der Waals surface area contributed by atoms with E-state index >= 15 is 0 Å². The van der Waals surface area contributed by atoms with Gasteiger partial charge in [0, 0.05) is 45.2 Å². The zero-order valence-electron chi connectivity index (χ0n) is 22.2. The number of rotatable bonds is 16. The summed E-state index contributed by atoms with van der Waals surface area (Å²) < 4.78 is 15.9. The zero-order chi connectivity index (χ0) is 27.3. The lowest BCUT2D eigenvalue weighted by molar-refractivity contribution is -0.135. The number of methoxy groups -OCH3 is 2. The van der Waals surface area contributed by atoms with Crippen LogP contribution in [-0.4, -0.2) is 90.3 Å². The molecule has 3 N–H and O–H groups in total. The predicted octanol–water partition coefficient (Wildman–Crippen LogP) is 2.81. The largest absolute Gasteiger partial charge is 0.491 e. The second-order valence-electron chi connectivity index (χ2n) is 9.10. The van der Waals surface area contributed by atoms with Crippen LogP contribution in [0.5, 0.6) is 5.75 Å². The van der Waals surface area contributed by atoms with E-state index in [9.17, 15) is 15.0 Å². The molecule has 2 aromatic carbocycles. The van der Waals surface area contributed by atoms with E-state index in [4.69, 9.17) is 14.2 Å². The van der Waals surface area contributed by atoms with Crippen molar-refractivity contribution in [3.8, 4) is 5.75 Å². The van der Waals surface area contributed by atoms with Gasteiger partial charge < -0.3 is 34.6 Å². The van der Waals surface area contributed by atoms with E-state index in [1.165, 1.54) is 6.33 Å². The second-order valence-corrected chi connectivity index (χ2v) is 9.10. The molecule has 0 aliphatic heterocycles. The number of benzene rings is 2. The molecule has 38 heavy (non-hydrogen) atoms. The molecule has 3 unspecified atom stereocenters. The Hall–Kier alpha value is -3.31. The Morgan fingerprint density at radius 2 is 1.71 bits per heavy atom. The Morgan fingerprint density at radius 1 is 1.00 bits per heavy atom. The first-order valence-corrected chi connectivity index (χ1v) is 12.7. The summed E-state index contributed by atoms with van der Waals surface area (Å²) in [6.45, 7) is 3.62. The first kappa shape index (κ1) is 29.2. The number of hydrogen-bond acceptors (Lipinski definition) is 9. The normalized spacial score (nSPS) is 13.6. The number of aromatic nitrogens is 2. The third-order valence-corrected chi connectivity index (χ3v) is 6.14. The number of amides is 1. The van der Waals surface area contributed by atoms with Crippen LogP contribution in [-0.2, 0) is 14.3 Å². The fraction of sp³-hybridized carbons (Fsp3) is 0.464. The molecule has 0 aliphatic rings. The number of fused-ring (bicyclic) bond motifs is 1. The van der Waals surface area contributed by atoms with E-state index in [-0.39, 0.29) is 31.4 Å². The highest BCUT2D eigenvalue weighted by Gasteiger charge is 2.20. The van der Waals surface area contributed by atoms with E-state index < -0.39 is 12.2 Å². The van der Waals surface area contributed by atoms with Crippen molar-refractivity contribution < 1.29 is 29.2 Å². The van der Waals surface area contributed by atoms with E-state index in [1.807, 2.05) is 30.3 Å². The van der Waals surface area contributed by atoms with E-state index in [0.29, 0.717) is 37.9 Å². The zero-order valence-corrected chi connectivity index (χ0v) is 22.2. The maximum absolute atomic E-state index is 12.6. The number of hydrogen-bond donors (Lipinski definition) is 3. The van der Waals surface area contributed by atoms with E-state index in [0.717, 1.165) is 16.5 Å². The highest BCUT2D eigenvalue weighted by Crippen LogP contribution is 2.27. The SMILES string of the molecule is COCCN(CCOC)C(=O)CC(O)CC(O)COc1ccc2ncnc(NC(C)c3ccccc3)c2c1. The minimum Gasteiger partial charge on any atom is -0.491 e. The number of nitrogens with zero attached hydrogens (tertiary/aromatic N) is 3. The van der Waals surface area contributed by atoms with Crippen molar-refractivity contribution in [1.82, 2.24) is 14.9 Å². The van der Waals surface area contributed by atoms with Gasteiger partial charge >= 0.3 is 0 Å². The maximum Gasteiger partial charge on any atom is 0.225 e. The smallest absolute Gasteiger partial charge is 0.225 e. The molecule has 1 amide bonds. The summed E-state index contributed by atoms with van der Waals surface area (Å²) >= 11 is 0. The molecule has 0 saturated carbocycles. The van der Waals surface area contributed by atoms with Crippen LogP contribution in [0.1, 0.15) is 31.4 Å². The molecule has 1 aromatic heterocycles. The van der Waals surface area contributed by atoms with Gasteiger partial charge in [-0.25, -0.2) is 9.97 Å². The van der Waals surface area contributed by atoms with Gasteiger partial charge in [-0.1, -0.05) is 30.3 Å². The van der Waals surface area contributed by atoms with Crippen LogP contribution in [0.4, 0.5) is 5.82 Å². The first-order chi connectivity index (χ1) is 18.4. The minimum atomic E-state index is -1.01. The first-order valence-electron chi connectivity index (χ1n) is 12.7. The number of nitrogens with one attached hydrogen (secondary N) is 1. The number of ether oxygens (including phenoxy) is 3. The Kier molecular flexibility index (Phi) is 11.7. The fourth-order valence-electron chi connectivity index (χ4n) is 4.02. The molecule has 3 atom stereocenters. The fourth-order valence-corrected chi connectivity index (χ4v) is 4.02. The van der Waals surface area contributed by atoms with Gasteiger partial charge in [-0.15, -0.1) is 0 Å². The second kappa shape index (κ2) is 15.2. The lowest BCUT2D eigenvalue weighted by Gasteiger charge is -2.24. The molecule has 0 radical (unpaired) electrons. The van der Waals surface area contributed by atoms with Crippen LogP contribution in [0.15, 0.2) is 54.9 Å². The quantitative estimate of drug-likeness (QED) is 0.258. The number of aliphatic hydroxyl groups is 2. The van der Waals surface area contributed by atoms with Crippen LogP contribution in [0, 0.1) is 0 Å². The minimum absolute atomic E-state index is 0.00617. The summed E-state index contributed by atoms with van der Waals surface area (Å²) in [5, 5.41) is 25.1. The van der Waals surface area contributed by atoms with Gasteiger partial charge in [0.1, 0.15) is 24.5 Å². The number of carbonyl (C=O) groups excluding carboxylic acids is 1. The van der Waals surface area contributed by atoms with Gasteiger partial charge in [0.05, 0.1) is 37.4 Å². The van der Waals surface area contributed by atoms with Gasteiger partial charge in [0.2, 0.25) is 5.91 Å². The summed E-state index contributed by atoms with van der Waals surface area (Å²) in [4.78, 5) is 22.9. The molecule has 0 saturated heterocycles. The molecule has 0 bridgehead atoms. The van der Waals surface area contributed by atoms with Gasteiger partial charge in [-0.3, -0.25) is 4.79 Å². The van der Waals surface area contributed by atoms with Gasteiger partial charge in [0.15, 0.2) is 0 Å². The average molecular weight is 527 g/mol. The highest BCUT2D eigenvalue weighted by molar-refractivity contribution is 5.90. The third-order valence-electron chi connectivity index (χ3n) is 6.14. The summed E-state index contributed by atoms with van der Waals surface area (Å²) in [5.74, 6) is 0.995. The highest BCUT2D eigenvalue weighted by atomic mass is 16.5. The van der Waals surface area contributed by atoms with Crippen molar-refractivity contribution in [3.63, 3.8) is 0 Å².